The van der Waals surface area contributed by atoms with E-state index < -0.39 is 0 Å². The lowest BCUT2D eigenvalue weighted by Crippen LogP contribution is -2.47. The summed E-state index contributed by atoms with van der Waals surface area (Å²) in [4.78, 5) is 28.8. The largest absolute Gasteiger partial charge is 0.352 e. The van der Waals surface area contributed by atoms with Crippen LogP contribution < -0.4 is 11.1 Å². The fraction of sp³-hybridized carbons (Fsp3) is 0.600. The smallest absolute Gasteiger partial charge is 0.253 e. The SMILES string of the molecule is CN1CCN(C(=O)c2ccc(CNC(=O)C[C@@H]3CCC[C@H]3N)cc2)CC1. The molecule has 2 aliphatic rings. The van der Waals surface area contributed by atoms with Crippen LogP contribution in [0.2, 0.25) is 0 Å². The maximum Gasteiger partial charge on any atom is 0.253 e. The van der Waals surface area contributed by atoms with Crippen LogP contribution in [0, 0.1) is 5.92 Å². The zero-order valence-electron chi connectivity index (χ0n) is 15.6. The van der Waals surface area contributed by atoms with Gasteiger partial charge < -0.3 is 20.9 Å². The van der Waals surface area contributed by atoms with Gasteiger partial charge in [-0.1, -0.05) is 18.6 Å². The van der Waals surface area contributed by atoms with Gasteiger partial charge in [-0.25, -0.2) is 0 Å². The monoisotopic (exact) mass is 358 g/mol. The van der Waals surface area contributed by atoms with E-state index in [2.05, 4.69) is 17.3 Å². The average Bonchev–Trinajstić information content (AvgIpc) is 3.05. The molecule has 0 aromatic heterocycles. The van der Waals surface area contributed by atoms with Gasteiger partial charge in [0.15, 0.2) is 0 Å². The van der Waals surface area contributed by atoms with Gasteiger partial charge in [-0.05, 0) is 43.5 Å². The van der Waals surface area contributed by atoms with Gasteiger partial charge in [-0.15, -0.1) is 0 Å². The van der Waals surface area contributed by atoms with Crippen LogP contribution in [0.1, 0.15) is 41.6 Å². The molecule has 3 N–H and O–H groups in total. The molecule has 0 radical (unpaired) electrons. The molecule has 26 heavy (non-hydrogen) atoms. The zero-order chi connectivity index (χ0) is 18.5. The van der Waals surface area contributed by atoms with E-state index in [9.17, 15) is 9.59 Å². The quantitative estimate of drug-likeness (QED) is 0.829. The molecule has 142 valence electrons. The number of nitrogens with two attached hydrogens (primary N) is 1. The summed E-state index contributed by atoms with van der Waals surface area (Å²) in [5, 5.41) is 2.97. The van der Waals surface area contributed by atoms with Gasteiger partial charge in [0.1, 0.15) is 0 Å². The molecule has 2 amide bonds. The number of piperazine rings is 1. The molecule has 6 nitrogen and oxygen atoms in total. The molecular formula is C20H30N4O2. The van der Waals surface area contributed by atoms with E-state index in [1.54, 1.807) is 0 Å². The first-order valence-corrected chi connectivity index (χ1v) is 9.62. The van der Waals surface area contributed by atoms with Crippen molar-refractivity contribution in [2.24, 2.45) is 11.7 Å². The number of likely N-dealkylation sites (N-methyl/N-ethyl adjacent to an activating group) is 1. The summed E-state index contributed by atoms with van der Waals surface area (Å²) in [5.41, 5.74) is 7.74. The number of nitrogens with zero attached hydrogens (tertiary/aromatic N) is 2. The van der Waals surface area contributed by atoms with Gasteiger partial charge >= 0.3 is 0 Å². The second-order valence-corrected chi connectivity index (χ2v) is 7.63. The Labute approximate surface area is 155 Å². The number of benzene rings is 1. The molecule has 1 heterocycles. The molecule has 1 saturated carbocycles. The Hall–Kier alpha value is -1.92. The van der Waals surface area contributed by atoms with Crippen molar-refractivity contribution in [1.82, 2.24) is 15.1 Å². The first kappa shape index (κ1) is 18.9. The van der Waals surface area contributed by atoms with Crippen LogP contribution >= 0.6 is 0 Å². The minimum absolute atomic E-state index is 0.0601. The van der Waals surface area contributed by atoms with Gasteiger partial charge in [0.25, 0.3) is 5.91 Å². The highest BCUT2D eigenvalue weighted by atomic mass is 16.2. The maximum atomic E-state index is 12.5. The third kappa shape index (κ3) is 4.83. The van der Waals surface area contributed by atoms with Crippen LogP contribution in [0.25, 0.3) is 0 Å². The number of rotatable bonds is 5. The molecule has 1 aliphatic carbocycles. The van der Waals surface area contributed by atoms with Crippen molar-refractivity contribution in [2.45, 2.75) is 38.3 Å². The number of nitrogens with one attached hydrogen (secondary N) is 1. The predicted octanol–water partition coefficient (Wildman–Crippen LogP) is 1.21. The second-order valence-electron chi connectivity index (χ2n) is 7.63. The van der Waals surface area contributed by atoms with Crippen molar-refractivity contribution in [3.8, 4) is 0 Å². The van der Waals surface area contributed by atoms with Gasteiger partial charge in [0.05, 0.1) is 0 Å². The summed E-state index contributed by atoms with van der Waals surface area (Å²) < 4.78 is 0. The highest BCUT2D eigenvalue weighted by Gasteiger charge is 2.26. The van der Waals surface area contributed by atoms with Gasteiger partial charge in [0.2, 0.25) is 5.91 Å². The highest BCUT2D eigenvalue weighted by Crippen LogP contribution is 2.26. The van der Waals surface area contributed by atoms with Crippen LogP contribution in [0.15, 0.2) is 24.3 Å². The fourth-order valence-corrected chi connectivity index (χ4v) is 3.79. The highest BCUT2D eigenvalue weighted by molar-refractivity contribution is 5.94. The van der Waals surface area contributed by atoms with Crippen molar-refractivity contribution in [3.63, 3.8) is 0 Å². The van der Waals surface area contributed by atoms with E-state index in [1.165, 1.54) is 0 Å². The first-order chi connectivity index (χ1) is 12.5. The molecule has 0 bridgehead atoms. The number of carbonyl (C=O) groups excluding carboxylic acids is 2. The Morgan fingerprint density at radius 1 is 1.12 bits per heavy atom. The van der Waals surface area contributed by atoms with Crippen molar-refractivity contribution in [3.05, 3.63) is 35.4 Å². The average molecular weight is 358 g/mol. The van der Waals surface area contributed by atoms with Crippen LogP contribution in [-0.4, -0.2) is 60.9 Å². The summed E-state index contributed by atoms with van der Waals surface area (Å²) in [6.07, 6.45) is 3.72. The van der Waals surface area contributed by atoms with Gasteiger partial charge in [-0.2, -0.15) is 0 Å². The minimum Gasteiger partial charge on any atom is -0.352 e. The second kappa shape index (κ2) is 8.64. The molecule has 3 rings (SSSR count). The lowest BCUT2D eigenvalue weighted by Gasteiger charge is -2.32. The van der Waals surface area contributed by atoms with E-state index in [-0.39, 0.29) is 17.9 Å². The molecule has 6 heteroatoms. The fourth-order valence-electron chi connectivity index (χ4n) is 3.79. The van der Waals surface area contributed by atoms with E-state index in [1.807, 2.05) is 29.2 Å². The topological polar surface area (TPSA) is 78.7 Å². The summed E-state index contributed by atoms with van der Waals surface area (Å²) in [5.74, 6) is 0.465. The van der Waals surface area contributed by atoms with E-state index in [0.29, 0.717) is 24.4 Å². The molecule has 0 unspecified atom stereocenters. The molecule has 2 atom stereocenters. The zero-order valence-corrected chi connectivity index (χ0v) is 15.6. The van der Waals surface area contributed by atoms with E-state index >= 15 is 0 Å². The van der Waals surface area contributed by atoms with Crippen molar-refractivity contribution in [1.29, 1.82) is 0 Å². The molecule has 1 aromatic carbocycles. The Kier molecular flexibility index (Phi) is 6.27. The van der Waals surface area contributed by atoms with Crippen molar-refractivity contribution < 1.29 is 9.59 Å². The van der Waals surface area contributed by atoms with Gasteiger partial charge in [-0.3, -0.25) is 9.59 Å². The van der Waals surface area contributed by atoms with E-state index in [4.69, 9.17) is 5.73 Å². The standard InChI is InChI=1S/C20H30N4O2/c1-23-9-11-24(12-10-23)20(26)16-7-5-15(6-8-16)14-22-19(25)13-17-3-2-4-18(17)21/h5-8,17-18H,2-4,9-14,21H2,1H3,(H,22,25)/t17-,18+/m0/s1. The van der Waals surface area contributed by atoms with Crippen molar-refractivity contribution in [2.75, 3.05) is 33.2 Å². The summed E-state index contributed by atoms with van der Waals surface area (Å²) in [7, 11) is 2.07. The number of amides is 2. The number of hydrogen-bond donors (Lipinski definition) is 2. The summed E-state index contributed by atoms with van der Waals surface area (Å²) >= 11 is 0. The minimum atomic E-state index is 0.0601. The molecule has 2 fully saturated rings. The Balaban J connectivity index is 1.46. The molecule has 1 aromatic rings. The molecule has 1 aliphatic heterocycles. The van der Waals surface area contributed by atoms with Gasteiger partial charge in [0, 0.05) is 50.7 Å². The third-order valence-electron chi connectivity index (χ3n) is 5.65. The normalized spacial score (nSPS) is 23.8. The summed E-state index contributed by atoms with van der Waals surface area (Å²) in [6, 6.07) is 7.72. The van der Waals surface area contributed by atoms with Crippen LogP contribution in [0.4, 0.5) is 0 Å². The molecular weight excluding hydrogens is 328 g/mol. The van der Waals surface area contributed by atoms with Crippen molar-refractivity contribution >= 4 is 11.8 Å². The lowest BCUT2D eigenvalue weighted by molar-refractivity contribution is -0.122. The number of hydrogen-bond acceptors (Lipinski definition) is 4. The predicted molar refractivity (Wildman–Crippen MR) is 102 cm³/mol. The Morgan fingerprint density at radius 3 is 2.42 bits per heavy atom. The lowest BCUT2D eigenvalue weighted by atomic mass is 10.00. The molecule has 1 saturated heterocycles. The molecule has 0 spiro atoms. The Bertz CT molecular complexity index is 623. The van der Waals surface area contributed by atoms with E-state index in [0.717, 1.165) is 51.0 Å². The van der Waals surface area contributed by atoms with Crippen LogP contribution in [0.3, 0.4) is 0 Å². The number of carbonyl (C=O) groups is 2. The third-order valence-corrected chi connectivity index (χ3v) is 5.65. The van der Waals surface area contributed by atoms with Crippen LogP contribution in [-0.2, 0) is 11.3 Å². The maximum absolute atomic E-state index is 12.5. The Morgan fingerprint density at radius 2 is 1.81 bits per heavy atom. The first-order valence-electron chi connectivity index (χ1n) is 9.62. The van der Waals surface area contributed by atoms with Crippen LogP contribution in [0.5, 0.6) is 0 Å². The summed E-state index contributed by atoms with van der Waals surface area (Å²) in [6.45, 7) is 3.87.